The summed E-state index contributed by atoms with van der Waals surface area (Å²) in [6.45, 7) is 0. The fraction of sp³-hybridized carbons (Fsp3) is 0. The molecule has 7 nitrogen and oxygen atoms in total. The van der Waals surface area contributed by atoms with Crippen LogP contribution >= 0.6 is 0 Å². The Kier molecular flexibility index (Phi) is 4.49. The first-order valence-electron chi connectivity index (χ1n) is 5.00. The molecule has 98 valence electrons. The van der Waals surface area contributed by atoms with E-state index in [9.17, 15) is 20.2 Å². The second-order valence-corrected chi connectivity index (χ2v) is 3.45. The van der Waals surface area contributed by atoms with E-state index in [1.54, 1.807) is 30.3 Å². The van der Waals surface area contributed by atoms with Crippen LogP contribution in [0.15, 0.2) is 48.7 Å². The topological polar surface area (TPSA) is 90.2 Å². The van der Waals surface area contributed by atoms with Gasteiger partial charge in [-0.2, -0.15) is 10.1 Å². The average Bonchev–Trinajstić information content (AvgIpc) is 2.38. The predicted octanol–water partition coefficient (Wildman–Crippen LogP) is -1.41. The summed E-state index contributed by atoms with van der Waals surface area (Å²) in [5.74, 6) is -0.561. The summed E-state index contributed by atoms with van der Waals surface area (Å²) < 4.78 is 0.405. The summed E-state index contributed by atoms with van der Waals surface area (Å²) in [5.41, 5.74) is 0.764. The lowest BCUT2D eigenvalue weighted by Gasteiger charge is -1.97. The smallest absolute Gasteiger partial charge is 0.577 e. The summed E-state index contributed by atoms with van der Waals surface area (Å²) in [5, 5.41) is 20.9. The molecule has 8 heteroatoms. The minimum atomic E-state index is -0.829. The first-order chi connectivity index (χ1) is 8.61. The third kappa shape index (κ3) is 2.83. The van der Waals surface area contributed by atoms with Crippen LogP contribution in [-0.4, -0.2) is 9.96 Å². The monoisotopic (exact) mass is 281 g/mol. The number of rotatable bonds is 3. The molecule has 1 aromatic carbocycles. The molecule has 0 saturated carbocycles. The van der Waals surface area contributed by atoms with Gasteiger partial charge in [0.15, 0.2) is 4.68 Å². The molecule has 0 saturated heterocycles. The van der Waals surface area contributed by atoms with E-state index in [0.717, 1.165) is 6.20 Å². The maximum Gasteiger partial charge on any atom is 0.577 e. The second-order valence-electron chi connectivity index (χ2n) is 3.45. The fourth-order valence-electron chi connectivity index (χ4n) is 1.65. The van der Waals surface area contributed by atoms with Crippen LogP contribution in [0.1, 0.15) is 0 Å². The third-order valence-electron chi connectivity index (χ3n) is 2.38. The fourth-order valence-corrected chi connectivity index (χ4v) is 1.65. The van der Waals surface area contributed by atoms with Gasteiger partial charge in [0, 0.05) is 6.07 Å². The lowest BCUT2D eigenvalue weighted by molar-refractivity contribution is -1.20. The molecule has 0 fully saturated rings. The number of benzene rings is 1. The van der Waals surface area contributed by atoms with Gasteiger partial charge < -0.3 is 12.4 Å². The highest BCUT2D eigenvalue weighted by Crippen LogP contribution is 2.25. The van der Waals surface area contributed by atoms with Gasteiger partial charge in [0.05, 0.1) is 0 Å². The van der Waals surface area contributed by atoms with E-state index in [0.29, 0.717) is 10.2 Å². The number of nitro groups is 2. The maximum atomic E-state index is 11.0. The molecular formula is C11H8ClN3O4. The highest BCUT2D eigenvalue weighted by Gasteiger charge is 2.36. The van der Waals surface area contributed by atoms with Gasteiger partial charge in [-0.05, 0) is 11.6 Å². The van der Waals surface area contributed by atoms with E-state index in [4.69, 9.17) is 0 Å². The molecule has 1 heterocycles. The number of nitrogens with zero attached hydrogens (tertiary/aromatic N) is 3. The molecule has 0 unspecified atom stereocenters. The number of aromatic nitrogens is 1. The zero-order valence-corrected chi connectivity index (χ0v) is 10.2. The van der Waals surface area contributed by atoms with Crippen LogP contribution in [0.2, 0.25) is 0 Å². The predicted molar refractivity (Wildman–Crippen MR) is 61.1 cm³/mol. The largest absolute Gasteiger partial charge is 1.00 e. The highest BCUT2D eigenvalue weighted by molar-refractivity contribution is 5.69. The van der Waals surface area contributed by atoms with E-state index >= 15 is 0 Å². The number of halogens is 1. The van der Waals surface area contributed by atoms with E-state index in [2.05, 4.69) is 0 Å². The van der Waals surface area contributed by atoms with E-state index in [1.807, 2.05) is 0 Å². The van der Waals surface area contributed by atoms with E-state index in [1.165, 1.54) is 12.1 Å². The molecule has 0 aliphatic rings. The molecule has 19 heavy (non-hydrogen) atoms. The summed E-state index contributed by atoms with van der Waals surface area (Å²) in [7, 11) is 0. The lowest BCUT2D eigenvalue weighted by atomic mass is 10.1. The maximum absolute atomic E-state index is 11.0. The van der Waals surface area contributed by atoms with Crippen molar-refractivity contribution < 1.29 is 27.0 Å². The van der Waals surface area contributed by atoms with Gasteiger partial charge in [-0.1, -0.05) is 30.3 Å². The molecule has 0 atom stereocenters. The number of hydrogen-bond acceptors (Lipinski definition) is 4. The van der Waals surface area contributed by atoms with Gasteiger partial charge >= 0.3 is 10.9 Å². The lowest BCUT2D eigenvalue weighted by Crippen LogP contribution is -3.00. The van der Waals surface area contributed by atoms with Crippen molar-refractivity contribution in [2.24, 2.45) is 0 Å². The first kappa shape index (κ1) is 14.5. The van der Waals surface area contributed by atoms with Gasteiger partial charge in [-0.3, -0.25) is 10.1 Å². The van der Waals surface area contributed by atoms with Crippen LogP contribution in [0, 0.1) is 20.2 Å². The summed E-state index contributed by atoms with van der Waals surface area (Å²) in [6.07, 6.45) is 1.05. The molecule has 2 rings (SSSR count). The third-order valence-corrected chi connectivity index (χ3v) is 2.38. The zero-order valence-electron chi connectivity index (χ0n) is 9.47. The highest BCUT2D eigenvalue weighted by atomic mass is 35.5. The van der Waals surface area contributed by atoms with E-state index in [-0.39, 0.29) is 18.0 Å². The minimum Gasteiger partial charge on any atom is -1.00 e. The molecule has 2 aromatic rings. The van der Waals surface area contributed by atoms with Crippen molar-refractivity contribution in [3.05, 3.63) is 68.9 Å². The molecule has 0 aliphatic carbocycles. The SMILES string of the molecule is O=[N+]([O-])c1c(-c2ccccc2)ccc[n+]1[N+](=O)[O-].[Cl-]. The van der Waals surface area contributed by atoms with Crippen molar-refractivity contribution >= 4 is 5.82 Å². The van der Waals surface area contributed by atoms with Crippen LogP contribution in [0.3, 0.4) is 0 Å². The molecule has 0 bridgehead atoms. The Hall–Kier alpha value is -2.54. The Bertz CT molecular complexity index is 619. The van der Waals surface area contributed by atoms with Gasteiger partial charge in [-0.25, -0.2) is 0 Å². The zero-order chi connectivity index (χ0) is 13.1. The molecule has 0 aliphatic heterocycles. The number of hydrogen-bond donors (Lipinski definition) is 0. The van der Waals surface area contributed by atoms with Gasteiger partial charge in [0.2, 0.25) is 0 Å². The Labute approximate surface area is 113 Å². The number of pyridine rings is 1. The van der Waals surface area contributed by atoms with Gasteiger partial charge in [0.25, 0.3) is 6.20 Å². The minimum absolute atomic E-state index is 0. The normalized spacial score (nSPS) is 9.47. The Morgan fingerprint density at radius 1 is 0.947 bits per heavy atom. The summed E-state index contributed by atoms with van der Waals surface area (Å²) >= 11 is 0. The first-order valence-corrected chi connectivity index (χ1v) is 5.00. The van der Waals surface area contributed by atoms with Gasteiger partial charge in [0.1, 0.15) is 10.5 Å². The van der Waals surface area contributed by atoms with Crippen molar-refractivity contribution in [3.8, 4) is 11.1 Å². The molecular weight excluding hydrogens is 274 g/mol. The standard InChI is InChI=1S/C11H8N3O4.ClH/c15-13(16)11-10(9-5-2-1-3-6-9)7-4-8-12(11)14(17)18;/h1-8H;1H/q+1;/p-1. The van der Waals surface area contributed by atoms with Crippen molar-refractivity contribution in [3.63, 3.8) is 0 Å². The summed E-state index contributed by atoms with van der Waals surface area (Å²) in [4.78, 5) is 21.0. The van der Waals surface area contributed by atoms with Crippen LogP contribution in [0.25, 0.3) is 11.1 Å². The van der Waals surface area contributed by atoms with E-state index < -0.39 is 15.8 Å². The quantitative estimate of drug-likeness (QED) is 0.393. The van der Waals surface area contributed by atoms with Crippen LogP contribution in [0.4, 0.5) is 5.82 Å². The second kappa shape index (κ2) is 5.87. The molecule has 0 spiro atoms. The van der Waals surface area contributed by atoms with Crippen molar-refractivity contribution in [1.82, 2.24) is 0 Å². The van der Waals surface area contributed by atoms with Gasteiger partial charge in [-0.15, -0.1) is 0 Å². The van der Waals surface area contributed by atoms with Crippen molar-refractivity contribution in [2.45, 2.75) is 0 Å². The van der Waals surface area contributed by atoms with Crippen LogP contribution in [-0.2, 0) is 0 Å². The summed E-state index contributed by atoms with van der Waals surface area (Å²) in [6, 6.07) is 11.4. The van der Waals surface area contributed by atoms with Crippen molar-refractivity contribution in [2.75, 3.05) is 0 Å². The Morgan fingerprint density at radius 3 is 2.11 bits per heavy atom. The van der Waals surface area contributed by atoms with Crippen LogP contribution < -0.4 is 17.1 Å². The Balaban J connectivity index is 0.00000180. The molecule has 1 aromatic heterocycles. The Morgan fingerprint density at radius 2 is 1.58 bits per heavy atom. The average molecular weight is 282 g/mol. The molecule has 0 N–H and O–H groups in total. The molecule has 0 amide bonds. The van der Waals surface area contributed by atoms with Crippen LogP contribution in [0.5, 0.6) is 0 Å². The molecule has 0 radical (unpaired) electrons. The van der Waals surface area contributed by atoms with Crippen molar-refractivity contribution in [1.29, 1.82) is 0 Å².